The first-order valence-corrected chi connectivity index (χ1v) is 7.90. The normalized spacial score (nSPS) is 10.8. The van der Waals surface area contributed by atoms with Crippen LogP contribution in [0.4, 0.5) is 35.1 Å². The van der Waals surface area contributed by atoms with E-state index in [4.69, 9.17) is 0 Å². The highest BCUT2D eigenvalue weighted by atomic mass is 19.2. The smallest absolute Gasteiger partial charge is 0.231 e. The van der Waals surface area contributed by atoms with Gasteiger partial charge in [0.2, 0.25) is 64.8 Å². The molecular formula is C17H12F8O4. The van der Waals surface area contributed by atoms with Gasteiger partial charge in [-0.15, -0.1) is 0 Å². The number of hydrogen-bond donors (Lipinski definition) is 0. The van der Waals surface area contributed by atoms with E-state index in [-0.39, 0.29) is 13.2 Å². The third kappa shape index (κ3) is 4.10. The maximum atomic E-state index is 13.8. The first-order valence-electron chi connectivity index (χ1n) is 7.90. The van der Waals surface area contributed by atoms with Crippen LogP contribution in [-0.4, -0.2) is 20.0 Å². The molecule has 0 aromatic heterocycles. The molecule has 2 aromatic rings. The van der Waals surface area contributed by atoms with Gasteiger partial charge >= 0.3 is 0 Å². The quantitative estimate of drug-likeness (QED) is 0.334. The second-order valence-electron chi connectivity index (χ2n) is 5.10. The van der Waals surface area contributed by atoms with Crippen LogP contribution in [0.1, 0.15) is 13.8 Å². The molecule has 0 atom stereocenters. The number of hydrogen-bond acceptors (Lipinski definition) is 4. The summed E-state index contributed by atoms with van der Waals surface area (Å²) in [6.45, 7) is 0.491. The molecule has 4 nitrogen and oxygen atoms in total. The Morgan fingerprint density at radius 2 is 0.621 bits per heavy atom. The standard InChI is InChI=1S/C17H12F8O4/c1-3-26-14-6(18)10(22)16(11(23)7(14)19)28-5-29-17-12(24)8(20)15(27-4-2)9(21)13(17)25/h3-5H2,1-2H3. The SMILES string of the molecule is CCOc1c(F)c(F)c(OCOc2c(F)c(F)c(OCC)c(F)c2F)c(F)c1F. The molecule has 2 aromatic carbocycles. The maximum absolute atomic E-state index is 13.8. The van der Waals surface area contributed by atoms with Crippen molar-refractivity contribution < 1.29 is 54.1 Å². The number of benzene rings is 2. The number of rotatable bonds is 8. The zero-order chi connectivity index (χ0) is 21.9. The van der Waals surface area contributed by atoms with Crippen molar-refractivity contribution in [3.8, 4) is 23.0 Å². The minimum atomic E-state index is -2.03. The largest absolute Gasteiger partial charge is 0.488 e. The van der Waals surface area contributed by atoms with Gasteiger partial charge in [0.1, 0.15) is 0 Å². The Balaban J connectivity index is 2.30. The van der Waals surface area contributed by atoms with Gasteiger partial charge in [0.05, 0.1) is 13.2 Å². The molecule has 0 spiro atoms. The van der Waals surface area contributed by atoms with Crippen molar-refractivity contribution in [1.29, 1.82) is 0 Å². The lowest BCUT2D eigenvalue weighted by molar-refractivity contribution is 0.0963. The molecule has 0 fully saturated rings. The monoisotopic (exact) mass is 432 g/mol. The Morgan fingerprint density at radius 1 is 0.414 bits per heavy atom. The predicted octanol–water partition coefficient (Wildman–Crippen LogP) is 5.01. The maximum Gasteiger partial charge on any atom is 0.231 e. The molecule has 29 heavy (non-hydrogen) atoms. The van der Waals surface area contributed by atoms with Crippen LogP contribution in [0.5, 0.6) is 23.0 Å². The molecule has 0 N–H and O–H groups in total. The van der Waals surface area contributed by atoms with E-state index in [0.29, 0.717) is 0 Å². The van der Waals surface area contributed by atoms with Gasteiger partial charge in [-0.05, 0) is 13.8 Å². The van der Waals surface area contributed by atoms with Crippen LogP contribution in [-0.2, 0) is 0 Å². The van der Waals surface area contributed by atoms with Gasteiger partial charge in [0.15, 0.2) is 11.5 Å². The Morgan fingerprint density at radius 3 is 0.828 bits per heavy atom. The highest BCUT2D eigenvalue weighted by Crippen LogP contribution is 2.36. The first-order chi connectivity index (χ1) is 13.7. The molecule has 0 saturated carbocycles. The van der Waals surface area contributed by atoms with Gasteiger partial charge < -0.3 is 18.9 Å². The Kier molecular flexibility index (Phi) is 6.98. The summed E-state index contributed by atoms with van der Waals surface area (Å²) in [5.74, 6) is -21.8. The zero-order valence-electron chi connectivity index (χ0n) is 14.8. The Labute approximate surface area is 158 Å². The van der Waals surface area contributed by atoms with Crippen molar-refractivity contribution in [2.75, 3.05) is 20.0 Å². The van der Waals surface area contributed by atoms with Gasteiger partial charge in [-0.25, -0.2) is 0 Å². The van der Waals surface area contributed by atoms with Gasteiger partial charge in [-0.3, -0.25) is 0 Å². The lowest BCUT2D eigenvalue weighted by Gasteiger charge is -2.15. The van der Waals surface area contributed by atoms with Crippen molar-refractivity contribution in [2.24, 2.45) is 0 Å². The summed E-state index contributed by atoms with van der Waals surface area (Å²) in [7, 11) is 0. The fourth-order valence-corrected chi connectivity index (χ4v) is 2.13. The second-order valence-corrected chi connectivity index (χ2v) is 5.10. The summed E-state index contributed by atoms with van der Waals surface area (Å²) in [6, 6.07) is 0. The lowest BCUT2D eigenvalue weighted by Crippen LogP contribution is -2.14. The number of halogens is 8. The van der Waals surface area contributed by atoms with E-state index in [9.17, 15) is 35.1 Å². The Hall–Kier alpha value is -2.92. The topological polar surface area (TPSA) is 36.9 Å². The third-order valence-electron chi connectivity index (χ3n) is 3.35. The van der Waals surface area contributed by atoms with Crippen LogP contribution in [0, 0.1) is 46.5 Å². The van der Waals surface area contributed by atoms with Gasteiger partial charge in [0, 0.05) is 0 Å². The molecule has 0 unspecified atom stereocenters. The Bertz CT molecular complexity index is 788. The van der Waals surface area contributed by atoms with Crippen LogP contribution in [0.2, 0.25) is 0 Å². The van der Waals surface area contributed by atoms with Crippen molar-refractivity contribution in [3.63, 3.8) is 0 Å². The van der Waals surface area contributed by atoms with E-state index < -0.39 is 76.3 Å². The zero-order valence-corrected chi connectivity index (χ0v) is 14.8. The van der Waals surface area contributed by atoms with Crippen LogP contribution in [0.15, 0.2) is 0 Å². The molecule has 12 heteroatoms. The molecule has 2 rings (SSSR count). The summed E-state index contributed by atoms with van der Waals surface area (Å²) in [5.41, 5.74) is 0. The van der Waals surface area contributed by atoms with E-state index in [2.05, 4.69) is 18.9 Å². The summed E-state index contributed by atoms with van der Waals surface area (Å²) in [5, 5.41) is 0. The number of ether oxygens (including phenoxy) is 4. The summed E-state index contributed by atoms with van der Waals surface area (Å²) in [6.07, 6.45) is 0. The fourth-order valence-electron chi connectivity index (χ4n) is 2.13. The minimum absolute atomic E-state index is 0.316. The predicted molar refractivity (Wildman–Crippen MR) is 81.0 cm³/mol. The molecule has 0 aliphatic rings. The highest BCUT2D eigenvalue weighted by molar-refractivity contribution is 5.39. The molecule has 160 valence electrons. The van der Waals surface area contributed by atoms with Crippen molar-refractivity contribution in [1.82, 2.24) is 0 Å². The fraction of sp³-hybridized carbons (Fsp3) is 0.294. The summed E-state index contributed by atoms with van der Waals surface area (Å²) >= 11 is 0. The second kappa shape index (κ2) is 9.05. The molecule has 0 aliphatic heterocycles. The van der Waals surface area contributed by atoms with E-state index in [0.717, 1.165) is 0 Å². The molecule has 0 saturated heterocycles. The van der Waals surface area contributed by atoms with E-state index in [1.807, 2.05) is 0 Å². The van der Waals surface area contributed by atoms with Crippen LogP contribution in [0.3, 0.4) is 0 Å². The van der Waals surface area contributed by atoms with E-state index >= 15 is 0 Å². The van der Waals surface area contributed by atoms with Gasteiger partial charge in [-0.1, -0.05) is 0 Å². The first kappa shape index (κ1) is 22.4. The molecule has 0 bridgehead atoms. The van der Waals surface area contributed by atoms with Crippen LogP contribution < -0.4 is 18.9 Å². The molecular weight excluding hydrogens is 420 g/mol. The minimum Gasteiger partial charge on any atom is -0.488 e. The van der Waals surface area contributed by atoms with E-state index in [1.165, 1.54) is 13.8 Å². The average molecular weight is 432 g/mol. The van der Waals surface area contributed by atoms with Crippen LogP contribution in [0.25, 0.3) is 0 Å². The summed E-state index contributed by atoms with van der Waals surface area (Å²) < 4.78 is 128. The van der Waals surface area contributed by atoms with E-state index in [1.54, 1.807) is 0 Å². The lowest BCUT2D eigenvalue weighted by atomic mass is 10.2. The molecule has 0 aliphatic carbocycles. The average Bonchev–Trinajstić information content (AvgIpc) is 2.70. The van der Waals surface area contributed by atoms with Crippen molar-refractivity contribution in [2.45, 2.75) is 13.8 Å². The summed E-state index contributed by atoms with van der Waals surface area (Å²) in [4.78, 5) is 0. The van der Waals surface area contributed by atoms with Crippen molar-refractivity contribution in [3.05, 3.63) is 46.5 Å². The van der Waals surface area contributed by atoms with Crippen LogP contribution >= 0.6 is 0 Å². The van der Waals surface area contributed by atoms with Gasteiger partial charge in [-0.2, -0.15) is 35.1 Å². The highest BCUT2D eigenvalue weighted by Gasteiger charge is 2.30. The molecule has 0 radical (unpaired) electrons. The van der Waals surface area contributed by atoms with Crippen molar-refractivity contribution >= 4 is 0 Å². The molecule has 0 amide bonds. The molecule has 0 heterocycles. The third-order valence-corrected chi connectivity index (χ3v) is 3.35. The van der Waals surface area contributed by atoms with Gasteiger partial charge in [0.25, 0.3) is 0 Å².